The molecule has 0 amide bonds. The van der Waals surface area contributed by atoms with Crippen molar-refractivity contribution in [3.8, 4) is 11.5 Å². The van der Waals surface area contributed by atoms with Gasteiger partial charge in [-0.15, -0.1) is 0 Å². The third-order valence-electron chi connectivity index (χ3n) is 8.63. The number of hydrogen-bond acceptors (Lipinski definition) is 6. The fraction of sp³-hybridized carbons (Fsp3) is 0.367. The van der Waals surface area contributed by atoms with Crippen LogP contribution in [0.15, 0.2) is 93.5 Å². The molecule has 38 heavy (non-hydrogen) atoms. The smallest absolute Gasteiger partial charge is 0.278 e. The van der Waals surface area contributed by atoms with Crippen molar-refractivity contribution in [2.75, 3.05) is 20.0 Å². The molecule has 2 fully saturated rings. The van der Waals surface area contributed by atoms with E-state index in [0.29, 0.717) is 34.1 Å². The lowest BCUT2D eigenvalue weighted by Crippen LogP contribution is -2.42. The first-order chi connectivity index (χ1) is 18.1. The molecular formula is C30H34O6S2. The Morgan fingerprint density at radius 3 is 1.71 bits per heavy atom. The second-order valence-corrected chi connectivity index (χ2v) is 15.1. The first-order valence-corrected chi connectivity index (χ1v) is 15.9. The minimum atomic E-state index is -4.19. The summed E-state index contributed by atoms with van der Waals surface area (Å²) in [6, 6.07) is 24.1. The number of benzene rings is 3. The number of carbonyl (C=O) groups is 1. The largest absolute Gasteiger partial charge is 0.497 e. The summed E-state index contributed by atoms with van der Waals surface area (Å²) in [6.45, 7) is 4.07. The molecule has 0 aliphatic heterocycles. The van der Waals surface area contributed by atoms with Crippen LogP contribution in [0.3, 0.4) is 0 Å². The molecule has 0 saturated heterocycles. The zero-order valence-corrected chi connectivity index (χ0v) is 23.8. The summed E-state index contributed by atoms with van der Waals surface area (Å²) in [5.74, 6) is 1.24. The van der Waals surface area contributed by atoms with E-state index in [9.17, 15) is 13.2 Å². The first kappa shape index (κ1) is 26.8. The molecule has 3 aromatic rings. The van der Waals surface area contributed by atoms with E-state index in [1.54, 1.807) is 14.2 Å². The molecule has 0 spiro atoms. The molecule has 8 heteroatoms. The minimum absolute atomic E-state index is 0.0418. The first-order valence-electron chi connectivity index (χ1n) is 12.7. The van der Waals surface area contributed by atoms with Gasteiger partial charge in [0.15, 0.2) is 0 Å². The van der Waals surface area contributed by atoms with E-state index in [1.807, 2.05) is 92.7 Å². The molecule has 2 atom stereocenters. The fourth-order valence-corrected chi connectivity index (χ4v) is 12.3. The number of ketones is 1. The summed E-state index contributed by atoms with van der Waals surface area (Å²) in [5.41, 5.74) is -1.33. The Morgan fingerprint density at radius 2 is 1.29 bits per heavy atom. The predicted molar refractivity (Wildman–Crippen MR) is 148 cm³/mol. The van der Waals surface area contributed by atoms with Gasteiger partial charge in [-0.3, -0.25) is 4.79 Å². The number of fused-ring (bicyclic) bond motifs is 2. The van der Waals surface area contributed by atoms with Crippen LogP contribution in [0.4, 0.5) is 0 Å². The molecule has 0 heterocycles. The lowest BCUT2D eigenvalue weighted by atomic mass is 9.70. The molecular weight excluding hydrogens is 520 g/mol. The number of methoxy groups -OCH3 is 2. The van der Waals surface area contributed by atoms with Gasteiger partial charge in [-0.1, -0.05) is 32.0 Å². The Morgan fingerprint density at radius 1 is 0.789 bits per heavy atom. The highest BCUT2D eigenvalue weighted by atomic mass is 32.3. The van der Waals surface area contributed by atoms with Crippen LogP contribution < -0.4 is 9.47 Å². The highest BCUT2D eigenvalue weighted by Gasteiger charge is 2.65. The van der Waals surface area contributed by atoms with Gasteiger partial charge in [0, 0.05) is 21.1 Å². The molecule has 6 nitrogen and oxygen atoms in total. The summed E-state index contributed by atoms with van der Waals surface area (Å²) in [4.78, 5) is 15.4. The van der Waals surface area contributed by atoms with E-state index in [2.05, 4.69) is 0 Å². The topological polar surface area (TPSA) is 78.9 Å². The van der Waals surface area contributed by atoms with E-state index < -0.39 is 31.3 Å². The van der Waals surface area contributed by atoms with Crippen molar-refractivity contribution in [2.24, 2.45) is 16.7 Å². The number of Topliss-reactive ketones (excluding diaryl/α,β-unsaturated/α-hetero) is 1. The second-order valence-electron chi connectivity index (χ2n) is 10.7. The lowest BCUT2D eigenvalue weighted by Gasteiger charge is -2.41. The second kappa shape index (κ2) is 9.74. The van der Waals surface area contributed by atoms with Crippen molar-refractivity contribution in [1.82, 2.24) is 0 Å². The zero-order valence-electron chi connectivity index (χ0n) is 22.2. The maximum absolute atomic E-state index is 14.2. The van der Waals surface area contributed by atoms with Crippen LogP contribution in [0.25, 0.3) is 0 Å². The number of carbonyl (C=O) groups excluding carboxylic acids is 1. The van der Waals surface area contributed by atoms with E-state index >= 15 is 0 Å². The maximum atomic E-state index is 14.2. The highest BCUT2D eigenvalue weighted by molar-refractivity contribution is 8.33. The SMILES string of the molecule is COc1ccc(S(OS(=O)(=O)CC23CCC(CC2=O)C3(C)C)(c2ccccc2)c2ccc(OC)cc2)cc1. The van der Waals surface area contributed by atoms with Gasteiger partial charge < -0.3 is 9.47 Å². The Balaban J connectivity index is 1.69. The van der Waals surface area contributed by atoms with Gasteiger partial charge in [0.25, 0.3) is 10.1 Å². The summed E-state index contributed by atoms with van der Waals surface area (Å²) >= 11 is 0. The summed E-state index contributed by atoms with van der Waals surface area (Å²) in [7, 11) is -3.78. The van der Waals surface area contributed by atoms with Crippen LogP contribution in [-0.2, 0) is 18.5 Å². The van der Waals surface area contributed by atoms with Crippen molar-refractivity contribution in [2.45, 2.75) is 47.8 Å². The monoisotopic (exact) mass is 554 g/mol. The normalized spacial score (nSPS) is 22.8. The molecule has 2 unspecified atom stereocenters. The average Bonchev–Trinajstić information content (AvgIpc) is 3.26. The highest BCUT2D eigenvalue weighted by Crippen LogP contribution is 2.71. The third kappa shape index (κ3) is 4.23. The van der Waals surface area contributed by atoms with Crippen molar-refractivity contribution < 1.29 is 26.3 Å². The van der Waals surface area contributed by atoms with Crippen LogP contribution in [0.2, 0.25) is 0 Å². The predicted octanol–water partition coefficient (Wildman–Crippen LogP) is 6.64. The Bertz CT molecular complexity index is 1370. The van der Waals surface area contributed by atoms with Gasteiger partial charge in [-0.2, -0.15) is 8.42 Å². The molecule has 5 rings (SSSR count). The number of hydrogen-bond donors (Lipinski definition) is 0. The molecule has 2 saturated carbocycles. The van der Waals surface area contributed by atoms with Crippen molar-refractivity contribution >= 4 is 26.2 Å². The molecule has 2 aliphatic carbocycles. The minimum Gasteiger partial charge on any atom is -0.497 e. The Labute approximate surface area is 227 Å². The van der Waals surface area contributed by atoms with Crippen LogP contribution in [-0.4, -0.2) is 34.2 Å². The average molecular weight is 555 g/mol. The van der Waals surface area contributed by atoms with Gasteiger partial charge in [0.05, 0.1) is 25.4 Å². The Kier molecular flexibility index (Phi) is 6.86. The van der Waals surface area contributed by atoms with Crippen LogP contribution >= 0.6 is 10.3 Å². The lowest BCUT2D eigenvalue weighted by molar-refractivity contribution is -0.128. The van der Waals surface area contributed by atoms with Crippen LogP contribution in [0.1, 0.15) is 33.1 Å². The molecule has 3 aromatic carbocycles. The van der Waals surface area contributed by atoms with Gasteiger partial charge in [0.2, 0.25) is 0 Å². The third-order valence-corrected chi connectivity index (χ3v) is 13.9. The van der Waals surface area contributed by atoms with E-state index in [0.717, 1.165) is 11.3 Å². The van der Waals surface area contributed by atoms with E-state index in [1.165, 1.54) is 0 Å². The van der Waals surface area contributed by atoms with Crippen molar-refractivity contribution in [3.63, 3.8) is 0 Å². The standard InChI is InChI=1S/C30H34O6S2/c1-29(2)22-18-19-30(29,28(31)20-22)21-37(32,33)36-38(25-8-6-5-7-9-25,26-14-10-23(34-3)11-15-26)27-16-12-24(35-4)13-17-27/h5-17,22H,18-21H2,1-4H3. The van der Waals surface area contributed by atoms with E-state index in [-0.39, 0.29) is 17.5 Å². The van der Waals surface area contributed by atoms with Crippen LogP contribution in [0.5, 0.6) is 11.5 Å². The van der Waals surface area contributed by atoms with Gasteiger partial charge in [0.1, 0.15) is 17.3 Å². The molecule has 202 valence electrons. The van der Waals surface area contributed by atoms with Gasteiger partial charge in [-0.05, 0) is 95.1 Å². The van der Waals surface area contributed by atoms with Crippen LogP contribution in [0, 0.1) is 16.7 Å². The van der Waals surface area contributed by atoms with Gasteiger partial charge >= 0.3 is 0 Å². The summed E-state index contributed by atoms with van der Waals surface area (Å²) in [5, 5.41) is 0. The maximum Gasteiger partial charge on any atom is 0.278 e. The zero-order chi connectivity index (χ0) is 27.2. The molecule has 0 N–H and O–H groups in total. The quantitative estimate of drug-likeness (QED) is 0.295. The van der Waals surface area contributed by atoms with Crippen molar-refractivity contribution in [3.05, 3.63) is 78.9 Å². The summed E-state index contributed by atoms with van der Waals surface area (Å²) < 4.78 is 45.6. The molecule has 2 aliphatic rings. The number of ether oxygens (including phenoxy) is 2. The molecule has 0 aromatic heterocycles. The van der Waals surface area contributed by atoms with E-state index in [4.69, 9.17) is 13.1 Å². The number of rotatable bonds is 9. The molecule has 2 bridgehead atoms. The summed E-state index contributed by atoms with van der Waals surface area (Å²) in [6.07, 6.45) is 1.88. The van der Waals surface area contributed by atoms with Crippen molar-refractivity contribution in [1.29, 1.82) is 0 Å². The molecule has 0 radical (unpaired) electrons. The Hall–Kier alpha value is -2.81. The fourth-order valence-electron chi connectivity index (χ4n) is 6.26. The van der Waals surface area contributed by atoms with Gasteiger partial charge in [-0.25, -0.2) is 3.63 Å².